The summed E-state index contributed by atoms with van der Waals surface area (Å²) >= 11 is -0.641. The van der Waals surface area contributed by atoms with Gasteiger partial charge in [-0.05, 0) is 0 Å². The molecule has 15 heavy (non-hydrogen) atoms. The van der Waals surface area contributed by atoms with Crippen molar-refractivity contribution in [2.24, 2.45) is 0 Å². The van der Waals surface area contributed by atoms with E-state index in [1.807, 2.05) is 3.33 Å². The van der Waals surface area contributed by atoms with Crippen molar-refractivity contribution in [1.82, 2.24) is 0 Å². The monoisotopic (exact) mass is 384 g/mol. The Balaban J connectivity index is 0.00000128. The van der Waals surface area contributed by atoms with Crippen LogP contribution in [0.3, 0.4) is 0 Å². The molecular formula is C13H20HfSi-2. The van der Waals surface area contributed by atoms with Crippen molar-refractivity contribution in [1.29, 1.82) is 0 Å². The summed E-state index contributed by atoms with van der Waals surface area (Å²) in [6.07, 6.45) is 14.3. The third kappa shape index (κ3) is 2.79. The van der Waals surface area contributed by atoms with Crippen LogP contribution in [0.2, 0.25) is 19.6 Å². The van der Waals surface area contributed by atoms with Crippen LogP contribution in [0.1, 0.15) is 15.7 Å². The zero-order valence-electron chi connectivity index (χ0n) is 11.8. The van der Waals surface area contributed by atoms with Gasteiger partial charge in [0.1, 0.15) is 0 Å². The SMILES string of the molecule is C[Si](C)(C)C1=[C]([Hf][C]2=CC=CC2)CC=C1.[H-].[H-]. The van der Waals surface area contributed by atoms with E-state index in [0.717, 1.165) is 0 Å². The van der Waals surface area contributed by atoms with E-state index < -0.39 is 31.0 Å². The molecule has 2 aliphatic rings. The fourth-order valence-corrected chi connectivity index (χ4v) is 12.6. The Morgan fingerprint density at radius 2 is 2.00 bits per heavy atom. The maximum absolute atomic E-state index is 2.47. The molecule has 0 aromatic rings. The molecule has 0 heterocycles. The summed E-state index contributed by atoms with van der Waals surface area (Å²) in [5.74, 6) is 0. The van der Waals surface area contributed by atoms with Gasteiger partial charge in [0.25, 0.3) is 0 Å². The third-order valence-corrected chi connectivity index (χ3v) is 11.1. The number of rotatable bonds is 3. The van der Waals surface area contributed by atoms with Gasteiger partial charge in [0, 0.05) is 0 Å². The van der Waals surface area contributed by atoms with E-state index in [0.29, 0.717) is 0 Å². The van der Waals surface area contributed by atoms with E-state index in [-0.39, 0.29) is 2.85 Å². The molecule has 0 aromatic heterocycles. The van der Waals surface area contributed by atoms with Gasteiger partial charge < -0.3 is 2.85 Å². The second-order valence-corrected chi connectivity index (χ2v) is 15.6. The van der Waals surface area contributed by atoms with Crippen molar-refractivity contribution in [3.8, 4) is 0 Å². The Labute approximate surface area is 108 Å². The number of hydrogen-bond acceptors (Lipinski definition) is 0. The summed E-state index contributed by atoms with van der Waals surface area (Å²) < 4.78 is 3.66. The molecule has 0 spiro atoms. The van der Waals surface area contributed by atoms with Crippen LogP contribution in [0.15, 0.2) is 42.2 Å². The van der Waals surface area contributed by atoms with Crippen LogP contribution in [-0.4, -0.2) is 8.07 Å². The number of hydrogen-bond donors (Lipinski definition) is 0. The Bertz CT molecular complexity index is 387. The molecule has 0 fully saturated rings. The van der Waals surface area contributed by atoms with Crippen LogP contribution < -0.4 is 0 Å². The number of allylic oxidation sites excluding steroid dienone is 8. The zero-order chi connectivity index (χ0) is 10.9. The van der Waals surface area contributed by atoms with Crippen LogP contribution >= 0.6 is 0 Å². The first-order valence-electron chi connectivity index (χ1n) is 5.60. The molecule has 0 amide bonds. The van der Waals surface area contributed by atoms with Crippen LogP contribution in [-0.2, 0) is 22.9 Å². The molecule has 0 bridgehead atoms. The van der Waals surface area contributed by atoms with E-state index in [1.165, 1.54) is 12.8 Å². The molecule has 0 saturated carbocycles. The van der Waals surface area contributed by atoms with Gasteiger partial charge >= 0.3 is 106 Å². The van der Waals surface area contributed by atoms with Crippen LogP contribution in [0, 0.1) is 0 Å². The first-order chi connectivity index (χ1) is 7.07. The van der Waals surface area contributed by atoms with E-state index in [9.17, 15) is 0 Å². The molecule has 0 radical (unpaired) electrons. The third-order valence-electron chi connectivity index (χ3n) is 2.82. The Hall–Kier alpha value is 0.0470. The fourth-order valence-electron chi connectivity index (χ4n) is 2.06. The summed E-state index contributed by atoms with van der Waals surface area (Å²) in [6, 6.07) is 0. The molecule has 0 nitrogen and oxygen atoms in total. The molecule has 0 saturated heterocycles. The standard InChI is InChI=1S/C8H13Si.C5H5.Hf.2H/c1-9(2,3)8-6-4-5-7-8;1-2-4-5-3-1;;;/h4,6H,5H2,1-3H3;1-3H,4H2;;;/q;;;2*-1. The van der Waals surface area contributed by atoms with Crippen LogP contribution in [0.5, 0.6) is 0 Å². The minimum absolute atomic E-state index is 0. The van der Waals surface area contributed by atoms with Crippen molar-refractivity contribution < 1.29 is 25.8 Å². The van der Waals surface area contributed by atoms with Gasteiger partial charge in [-0.15, -0.1) is 0 Å². The van der Waals surface area contributed by atoms with Crippen molar-refractivity contribution in [2.75, 3.05) is 0 Å². The molecule has 0 aliphatic heterocycles. The normalized spacial score (nSPS) is 20.1. The fraction of sp³-hybridized carbons (Fsp3) is 0.385. The molecule has 2 aliphatic carbocycles. The average Bonchev–Trinajstić information content (AvgIpc) is 2.73. The van der Waals surface area contributed by atoms with Crippen molar-refractivity contribution in [3.05, 3.63) is 42.2 Å². The first kappa shape index (κ1) is 11.5. The summed E-state index contributed by atoms with van der Waals surface area (Å²) in [7, 11) is -1.07. The summed E-state index contributed by atoms with van der Waals surface area (Å²) in [4.78, 5) is 0. The predicted molar refractivity (Wildman–Crippen MR) is 68.2 cm³/mol. The maximum Gasteiger partial charge on any atom is -1.00 e. The van der Waals surface area contributed by atoms with Crippen LogP contribution in [0.4, 0.5) is 0 Å². The van der Waals surface area contributed by atoms with E-state index in [4.69, 9.17) is 0 Å². The second-order valence-electron chi connectivity index (χ2n) is 5.20. The van der Waals surface area contributed by atoms with E-state index in [1.54, 1.807) is 8.53 Å². The molecule has 0 N–H and O–H groups in total. The molecular weight excluding hydrogens is 363 g/mol. The maximum atomic E-state index is 2.47. The van der Waals surface area contributed by atoms with Crippen molar-refractivity contribution in [3.63, 3.8) is 0 Å². The first-order valence-corrected chi connectivity index (χ1v) is 12.7. The van der Waals surface area contributed by atoms with Gasteiger partial charge in [-0.3, -0.25) is 0 Å². The summed E-state index contributed by atoms with van der Waals surface area (Å²) in [6.45, 7) is 7.42. The minimum atomic E-state index is -1.07. The molecule has 2 heteroatoms. The molecule has 0 atom stereocenters. The van der Waals surface area contributed by atoms with Gasteiger partial charge in [-0.1, -0.05) is 0 Å². The predicted octanol–water partition coefficient (Wildman–Crippen LogP) is 4.23. The summed E-state index contributed by atoms with van der Waals surface area (Å²) in [5.41, 5.74) is 0. The molecule has 82 valence electrons. The van der Waals surface area contributed by atoms with Gasteiger partial charge in [0.05, 0.1) is 0 Å². The van der Waals surface area contributed by atoms with Gasteiger partial charge in [-0.2, -0.15) is 0 Å². The van der Waals surface area contributed by atoms with Crippen molar-refractivity contribution >= 4 is 8.07 Å². The largest absolute Gasteiger partial charge is 1.00 e. The van der Waals surface area contributed by atoms with Gasteiger partial charge in [-0.25, -0.2) is 0 Å². The molecule has 0 unspecified atom stereocenters. The van der Waals surface area contributed by atoms with Gasteiger partial charge in [0.15, 0.2) is 0 Å². The van der Waals surface area contributed by atoms with Crippen molar-refractivity contribution in [2.45, 2.75) is 32.5 Å². The van der Waals surface area contributed by atoms with E-state index >= 15 is 0 Å². The van der Waals surface area contributed by atoms with Gasteiger partial charge in [0.2, 0.25) is 0 Å². The zero-order valence-corrected chi connectivity index (χ0v) is 14.4. The van der Waals surface area contributed by atoms with E-state index in [2.05, 4.69) is 50.0 Å². The second kappa shape index (κ2) is 4.50. The topological polar surface area (TPSA) is 0 Å². The molecule has 0 aromatic carbocycles. The smallest absolute Gasteiger partial charge is 1.00 e. The quantitative estimate of drug-likeness (QED) is 0.641. The Morgan fingerprint density at radius 3 is 2.60 bits per heavy atom. The average molecular weight is 383 g/mol. The Kier molecular flexibility index (Phi) is 3.46. The minimum Gasteiger partial charge on any atom is -1.00 e. The molecule has 2 rings (SSSR count). The Morgan fingerprint density at radius 1 is 1.20 bits per heavy atom. The van der Waals surface area contributed by atoms with Crippen LogP contribution in [0.25, 0.3) is 0 Å². The summed E-state index contributed by atoms with van der Waals surface area (Å²) in [5, 5.41) is 1.78.